The maximum atomic E-state index is 13.1. The summed E-state index contributed by atoms with van der Waals surface area (Å²) in [6.07, 6.45) is -4.65. The fourth-order valence-electron chi connectivity index (χ4n) is 1.73. The number of alkyl halides is 3. The third-order valence-electron chi connectivity index (χ3n) is 2.55. The summed E-state index contributed by atoms with van der Waals surface area (Å²) in [7, 11) is 0.959. The summed E-state index contributed by atoms with van der Waals surface area (Å²) in [5.74, 6) is -3.32. The summed E-state index contributed by atoms with van der Waals surface area (Å²) in [6, 6.07) is 5.05. The van der Waals surface area contributed by atoms with Crippen LogP contribution < -0.4 is 5.32 Å². The minimum Gasteiger partial charge on any atom is -0.467 e. The first kappa shape index (κ1) is 15.0. The van der Waals surface area contributed by atoms with Gasteiger partial charge in [0.05, 0.1) is 7.11 Å². The molecule has 2 atom stereocenters. The van der Waals surface area contributed by atoms with Crippen molar-refractivity contribution in [3.8, 4) is 0 Å². The molecule has 0 heterocycles. The largest absolute Gasteiger partial charge is 0.467 e. The van der Waals surface area contributed by atoms with Gasteiger partial charge in [-0.15, -0.1) is 0 Å². The maximum Gasteiger partial charge on any atom is 0.398 e. The van der Waals surface area contributed by atoms with Crippen molar-refractivity contribution in [3.63, 3.8) is 0 Å². The predicted molar refractivity (Wildman–Crippen MR) is 60.2 cm³/mol. The zero-order chi connectivity index (χ0) is 14.5. The van der Waals surface area contributed by atoms with Gasteiger partial charge in [0.15, 0.2) is 0 Å². The molecule has 4 nitrogen and oxygen atoms in total. The molecule has 0 aliphatic rings. The molecule has 0 spiro atoms. The lowest BCUT2D eigenvalue weighted by molar-refractivity contribution is -0.171. The highest BCUT2D eigenvalue weighted by Crippen LogP contribution is 2.37. The summed E-state index contributed by atoms with van der Waals surface area (Å²) >= 11 is 0. The van der Waals surface area contributed by atoms with Gasteiger partial charge in [-0.25, -0.2) is 4.79 Å². The average Bonchev–Trinajstić information content (AvgIpc) is 2.37. The molecule has 104 valence electrons. The normalized spacial score (nSPS) is 14.3. The molecular formula is C12H12F3NO3. The molecule has 0 aliphatic heterocycles. The number of ether oxygens (including phenoxy) is 1. The van der Waals surface area contributed by atoms with Crippen molar-refractivity contribution in [2.24, 2.45) is 0 Å². The van der Waals surface area contributed by atoms with Gasteiger partial charge in [-0.3, -0.25) is 4.79 Å². The number of benzene rings is 1. The molecule has 1 rings (SSSR count). The van der Waals surface area contributed by atoms with Crippen molar-refractivity contribution in [2.45, 2.75) is 18.1 Å². The Morgan fingerprint density at radius 3 is 2.32 bits per heavy atom. The van der Waals surface area contributed by atoms with E-state index in [1.807, 2.05) is 5.32 Å². The Kier molecular flexibility index (Phi) is 4.91. The molecule has 1 aromatic carbocycles. The van der Waals surface area contributed by atoms with Crippen molar-refractivity contribution in [1.29, 1.82) is 0 Å². The molecule has 7 heteroatoms. The van der Waals surface area contributed by atoms with Crippen LogP contribution in [0.15, 0.2) is 30.3 Å². The van der Waals surface area contributed by atoms with Crippen molar-refractivity contribution in [1.82, 2.24) is 5.32 Å². The van der Waals surface area contributed by atoms with E-state index in [0.29, 0.717) is 0 Å². The van der Waals surface area contributed by atoms with Crippen molar-refractivity contribution in [2.75, 3.05) is 7.11 Å². The van der Waals surface area contributed by atoms with E-state index < -0.39 is 24.1 Å². The molecule has 0 saturated carbocycles. The Hall–Kier alpha value is -2.05. The van der Waals surface area contributed by atoms with Gasteiger partial charge in [0.1, 0.15) is 12.0 Å². The van der Waals surface area contributed by atoms with Crippen molar-refractivity contribution < 1.29 is 27.5 Å². The molecule has 1 amide bonds. The van der Waals surface area contributed by atoms with Crippen LogP contribution in [-0.4, -0.2) is 31.7 Å². The van der Waals surface area contributed by atoms with Crippen LogP contribution in [0.3, 0.4) is 0 Å². The van der Waals surface area contributed by atoms with E-state index in [2.05, 4.69) is 4.74 Å². The zero-order valence-electron chi connectivity index (χ0n) is 9.98. The zero-order valence-corrected chi connectivity index (χ0v) is 9.98. The van der Waals surface area contributed by atoms with E-state index >= 15 is 0 Å². The second-order valence-corrected chi connectivity index (χ2v) is 3.72. The Labute approximate surface area is 107 Å². The Morgan fingerprint density at radius 2 is 1.89 bits per heavy atom. The molecule has 0 radical (unpaired) electrons. The first-order valence-corrected chi connectivity index (χ1v) is 5.31. The van der Waals surface area contributed by atoms with Crippen LogP contribution in [0.1, 0.15) is 11.5 Å². The number of carbonyl (C=O) groups excluding carboxylic acids is 2. The Balaban J connectivity index is 3.22. The monoisotopic (exact) mass is 275 g/mol. The maximum absolute atomic E-state index is 13.1. The number of rotatable bonds is 5. The quantitative estimate of drug-likeness (QED) is 0.656. The number of nitrogens with one attached hydrogen (secondary N) is 1. The smallest absolute Gasteiger partial charge is 0.398 e. The van der Waals surface area contributed by atoms with Gasteiger partial charge in [0.25, 0.3) is 0 Å². The molecule has 0 aromatic heterocycles. The number of hydrogen-bond donors (Lipinski definition) is 1. The van der Waals surface area contributed by atoms with Crippen LogP contribution in [0.25, 0.3) is 0 Å². The summed E-state index contributed by atoms with van der Waals surface area (Å²) in [6.45, 7) is 0. The lowest BCUT2D eigenvalue weighted by Crippen LogP contribution is -2.47. The number of halogens is 3. The van der Waals surface area contributed by atoms with Crippen LogP contribution >= 0.6 is 0 Å². The molecular weight excluding hydrogens is 263 g/mol. The van der Waals surface area contributed by atoms with Gasteiger partial charge in [0, 0.05) is 0 Å². The highest BCUT2D eigenvalue weighted by Gasteiger charge is 2.49. The van der Waals surface area contributed by atoms with Gasteiger partial charge in [-0.2, -0.15) is 13.2 Å². The summed E-state index contributed by atoms with van der Waals surface area (Å²) < 4.78 is 43.6. The van der Waals surface area contributed by atoms with Gasteiger partial charge in [-0.1, -0.05) is 30.3 Å². The van der Waals surface area contributed by atoms with Crippen molar-refractivity contribution >= 4 is 12.4 Å². The van der Waals surface area contributed by atoms with Crippen LogP contribution in [0, 0.1) is 0 Å². The molecule has 0 bridgehead atoms. The molecule has 0 unspecified atom stereocenters. The first-order chi connectivity index (χ1) is 8.91. The third kappa shape index (κ3) is 3.70. The van der Waals surface area contributed by atoms with E-state index in [4.69, 9.17) is 0 Å². The highest BCUT2D eigenvalue weighted by atomic mass is 19.4. The Morgan fingerprint density at radius 1 is 1.32 bits per heavy atom. The summed E-state index contributed by atoms with van der Waals surface area (Å²) in [5, 5.41) is 1.86. The average molecular weight is 275 g/mol. The van der Waals surface area contributed by atoms with Crippen LogP contribution in [-0.2, 0) is 14.3 Å². The standard InChI is InChI=1S/C12H12F3NO3/c1-19-11(18)10(16-7-17)9(12(13,14)15)8-5-3-2-4-6-8/h2-7,9-10H,1H3,(H,16,17)/t9-,10-/m1/s1. The molecule has 0 saturated heterocycles. The van der Waals surface area contributed by atoms with E-state index in [0.717, 1.165) is 7.11 Å². The van der Waals surface area contributed by atoms with Crippen LogP contribution in [0.2, 0.25) is 0 Å². The van der Waals surface area contributed by atoms with Crippen LogP contribution in [0.5, 0.6) is 0 Å². The first-order valence-electron chi connectivity index (χ1n) is 5.31. The second kappa shape index (κ2) is 6.21. The number of carbonyl (C=O) groups is 2. The topological polar surface area (TPSA) is 55.4 Å². The number of methoxy groups -OCH3 is 1. The van der Waals surface area contributed by atoms with Crippen molar-refractivity contribution in [3.05, 3.63) is 35.9 Å². The molecule has 0 aliphatic carbocycles. The molecule has 19 heavy (non-hydrogen) atoms. The lowest BCUT2D eigenvalue weighted by atomic mass is 9.91. The molecule has 1 N–H and O–H groups in total. The third-order valence-corrected chi connectivity index (χ3v) is 2.55. The van der Waals surface area contributed by atoms with Crippen LogP contribution in [0.4, 0.5) is 13.2 Å². The van der Waals surface area contributed by atoms with Gasteiger partial charge in [0.2, 0.25) is 6.41 Å². The van der Waals surface area contributed by atoms with Gasteiger partial charge < -0.3 is 10.1 Å². The number of hydrogen-bond acceptors (Lipinski definition) is 3. The Bertz CT molecular complexity index is 434. The fourth-order valence-corrected chi connectivity index (χ4v) is 1.73. The van der Waals surface area contributed by atoms with Gasteiger partial charge >= 0.3 is 12.1 Å². The number of amides is 1. The molecule has 0 fully saturated rings. The molecule has 1 aromatic rings. The minimum absolute atomic E-state index is 0.0449. The second-order valence-electron chi connectivity index (χ2n) is 3.72. The van der Waals surface area contributed by atoms with E-state index in [9.17, 15) is 22.8 Å². The fraction of sp³-hybridized carbons (Fsp3) is 0.333. The minimum atomic E-state index is -4.70. The van der Waals surface area contributed by atoms with E-state index in [-0.39, 0.29) is 12.0 Å². The predicted octanol–water partition coefficient (Wildman–Crippen LogP) is 1.62. The van der Waals surface area contributed by atoms with E-state index in [1.54, 1.807) is 6.07 Å². The highest BCUT2D eigenvalue weighted by molar-refractivity contribution is 5.79. The number of esters is 1. The SMILES string of the molecule is COC(=O)[C@H](NC=O)[C@@H](c1ccccc1)C(F)(F)F. The van der Waals surface area contributed by atoms with E-state index in [1.165, 1.54) is 24.3 Å². The summed E-state index contributed by atoms with van der Waals surface area (Å²) in [5.41, 5.74) is -0.125. The van der Waals surface area contributed by atoms with Gasteiger partial charge in [-0.05, 0) is 5.56 Å². The lowest BCUT2D eigenvalue weighted by Gasteiger charge is -2.27. The summed E-state index contributed by atoms with van der Waals surface area (Å²) in [4.78, 5) is 21.8.